The number of halogens is 1. The highest BCUT2D eigenvalue weighted by atomic mass is 79.9. The predicted molar refractivity (Wildman–Crippen MR) is 65.1 cm³/mol. The molecule has 88 valence electrons. The molecule has 1 aromatic carbocycles. The molecule has 0 radical (unpaired) electrons. The first-order valence-corrected chi connectivity index (χ1v) is 5.76. The fraction of sp³-hybridized carbons (Fsp3) is 0.182. The summed E-state index contributed by atoms with van der Waals surface area (Å²) in [7, 11) is 0. The van der Waals surface area contributed by atoms with Crippen LogP contribution < -0.4 is 0 Å². The molecule has 6 heteroatoms. The van der Waals surface area contributed by atoms with Gasteiger partial charge in [-0.25, -0.2) is 9.67 Å². The van der Waals surface area contributed by atoms with Gasteiger partial charge in [-0.2, -0.15) is 5.10 Å². The third-order valence-electron chi connectivity index (χ3n) is 2.14. The first-order valence-electron chi connectivity index (χ1n) is 4.96. The van der Waals surface area contributed by atoms with Crippen LogP contribution in [-0.2, 0) is 11.2 Å². The van der Waals surface area contributed by atoms with Crippen LogP contribution in [0.3, 0.4) is 0 Å². The highest BCUT2D eigenvalue weighted by Gasteiger charge is 2.12. The van der Waals surface area contributed by atoms with Gasteiger partial charge in [0, 0.05) is 4.47 Å². The van der Waals surface area contributed by atoms with Crippen LogP contribution in [0.4, 0.5) is 0 Å². The van der Waals surface area contributed by atoms with Crippen LogP contribution in [-0.4, -0.2) is 25.8 Å². The van der Waals surface area contributed by atoms with Crippen molar-refractivity contribution in [1.82, 2.24) is 14.8 Å². The maximum absolute atomic E-state index is 10.7. The van der Waals surface area contributed by atoms with Gasteiger partial charge >= 0.3 is 5.97 Å². The predicted octanol–water partition coefficient (Wildman–Crippen LogP) is 1.97. The van der Waals surface area contributed by atoms with Gasteiger partial charge in [-0.3, -0.25) is 4.79 Å². The van der Waals surface area contributed by atoms with E-state index in [0.717, 1.165) is 10.2 Å². The minimum absolute atomic E-state index is 0.145. The molecule has 0 aliphatic carbocycles. The normalized spacial score (nSPS) is 10.5. The van der Waals surface area contributed by atoms with E-state index in [1.165, 1.54) is 0 Å². The molecule has 0 aliphatic rings. The number of aliphatic carboxylic acids is 1. The summed E-state index contributed by atoms with van der Waals surface area (Å²) in [4.78, 5) is 14.9. The smallest absolute Gasteiger partial charge is 0.311 e. The molecule has 17 heavy (non-hydrogen) atoms. The topological polar surface area (TPSA) is 68.0 Å². The Morgan fingerprint density at radius 3 is 2.94 bits per heavy atom. The van der Waals surface area contributed by atoms with Crippen molar-refractivity contribution in [2.45, 2.75) is 13.3 Å². The summed E-state index contributed by atoms with van der Waals surface area (Å²) in [6.45, 7) is 1.74. The number of rotatable bonds is 3. The zero-order valence-electron chi connectivity index (χ0n) is 9.09. The number of nitrogens with zero attached hydrogens (tertiary/aromatic N) is 3. The lowest BCUT2D eigenvalue weighted by molar-refractivity contribution is -0.136. The van der Waals surface area contributed by atoms with E-state index >= 15 is 0 Å². The Bertz CT molecular complexity index is 566. The Balaban J connectivity index is 2.47. The van der Waals surface area contributed by atoms with E-state index < -0.39 is 5.97 Å². The Hall–Kier alpha value is -1.69. The SMILES string of the molecule is Cc1nc(CC(=O)O)n(-c2cccc(Br)c2)n1. The van der Waals surface area contributed by atoms with Gasteiger partial charge in [0.25, 0.3) is 0 Å². The Labute approximate surface area is 106 Å². The van der Waals surface area contributed by atoms with E-state index in [1.54, 1.807) is 11.6 Å². The van der Waals surface area contributed by atoms with Gasteiger partial charge in [0.1, 0.15) is 18.1 Å². The van der Waals surface area contributed by atoms with Crippen LogP contribution in [0.1, 0.15) is 11.6 Å². The van der Waals surface area contributed by atoms with Crippen LogP contribution in [0.5, 0.6) is 0 Å². The zero-order chi connectivity index (χ0) is 12.4. The van der Waals surface area contributed by atoms with Crippen LogP contribution in [0, 0.1) is 6.92 Å². The van der Waals surface area contributed by atoms with Crippen molar-refractivity contribution in [3.63, 3.8) is 0 Å². The van der Waals surface area contributed by atoms with Gasteiger partial charge in [0.05, 0.1) is 5.69 Å². The third kappa shape index (κ3) is 2.71. The second-order valence-corrected chi connectivity index (χ2v) is 4.45. The number of aryl methyl sites for hydroxylation is 1. The molecule has 0 saturated heterocycles. The maximum Gasteiger partial charge on any atom is 0.311 e. The van der Waals surface area contributed by atoms with Crippen molar-refractivity contribution in [3.8, 4) is 5.69 Å². The number of carboxylic acid groups (broad SMARTS) is 1. The quantitative estimate of drug-likeness (QED) is 0.940. The van der Waals surface area contributed by atoms with E-state index in [0.29, 0.717) is 11.6 Å². The number of benzene rings is 1. The maximum atomic E-state index is 10.7. The second kappa shape index (κ2) is 4.67. The lowest BCUT2D eigenvalue weighted by atomic mass is 10.3. The standard InChI is InChI=1S/C11H10BrN3O2/c1-7-13-10(6-11(16)17)15(14-7)9-4-2-3-8(12)5-9/h2-5H,6H2,1H3,(H,16,17). The molecule has 0 atom stereocenters. The van der Waals surface area contributed by atoms with Crippen LogP contribution in [0.25, 0.3) is 5.69 Å². The molecule has 2 aromatic rings. The molecule has 2 rings (SSSR count). The number of carboxylic acids is 1. The lowest BCUT2D eigenvalue weighted by Crippen LogP contribution is -2.09. The molecule has 1 aromatic heterocycles. The molecule has 0 aliphatic heterocycles. The summed E-state index contributed by atoms with van der Waals surface area (Å²) in [5.41, 5.74) is 0.788. The van der Waals surface area contributed by atoms with E-state index in [9.17, 15) is 4.79 Å². The minimum atomic E-state index is -0.923. The fourth-order valence-corrected chi connectivity index (χ4v) is 1.91. The van der Waals surface area contributed by atoms with Crippen LogP contribution in [0.15, 0.2) is 28.7 Å². The van der Waals surface area contributed by atoms with E-state index in [4.69, 9.17) is 5.11 Å². The van der Waals surface area contributed by atoms with Crippen molar-refractivity contribution in [3.05, 3.63) is 40.4 Å². The molecule has 1 heterocycles. The van der Waals surface area contributed by atoms with Crippen LogP contribution >= 0.6 is 15.9 Å². The third-order valence-corrected chi connectivity index (χ3v) is 2.64. The number of carbonyl (C=O) groups is 1. The van der Waals surface area contributed by atoms with E-state index in [-0.39, 0.29) is 6.42 Å². The van der Waals surface area contributed by atoms with Gasteiger partial charge < -0.3 is 5.11 Å². The summed E-state index contributed by atoms with van der Waals surface area (Å²) in [5.74, 6) is 0.0583. The Morgan fingerprint density at radius 1 is 1.53 bits per heavy atom. The highest BCUT2D eigenvalue weighted by molar-refractivity contribution is 9.10. The second-order valence-electron chi connectivity index (χ2n) is 3.54. The van der Waals surface area contributed by atoms with Gasteiger partial charge in [-0.15, -0.1) is 0 Å². The summed E-state index contributed by atoms with van der Waals surface area (Å²) in [6, 6.07) is 7.47. The van der Waals surface area contributed by atoms with E-state index in [1.807, 2.05) is 24.3 Å². The van der Waals surface area contributed by atoms with Gasteiger partial charge in [0.15, 0.2) is 0 Å². The average Bonchev–Trinajstić information content (AvgIpc) is 2.58. The number of hydrogen-bond donors (Lipinski definition) is 1. The molecule has 0 spiro atoms. The first kappa shape index (κ1) is 11.8. The van der Waals surface area contributed by atoms with Crippen LogP contribution in [0.2, 0.25) is 0 Å². The summed E-state index contributed by atoms with van der Waals surface area (Å²) in [6.07, 6.45) is -0.145. The number of aromatic nitrogens is 3. The summed E-state index contributed by atoms with van der Waals surface area (Å²) >= 11 is 3.36. The van der Waals surface area contributed by atoms with Gasteiger partial charge in [-0.1, -0.05) is 22.0 Å². The van der Waals surface area contributed by atoms with Gasteiger partial charge in [-0.05, 0) is 25.1 Å². The monoisotopic (exact) mass is 295 g/mol. The van der Waals surface area contributed by atoms with Crippen molar-refractivity contribution in [1.29, 1.82) is 0 Å². The molecular formula is C11H10BrN3O2. The van der Waals surface area contributed by atoms with Crippen molar-refractivity contribution >= 4 is 21.9 Å². The van der Waals surface area contributed by atoms with E-state index in [2.05, 4.69) is 26.0 Å². The highest BCUT2D eigenvalue weighted by Crippen LogP contribution is 2.16. The zero-order valence-corrected chi connectivity index (χ0v) is 10.7. The molecule has 0 amide bonds. The average molecular weight is 296 g/mol. The fourth-order valence-electron chi connectivity index (χ4n) is 1.52. The molecule has 0 unspecified atom stereocenters. The molecule has 1 N–H and O–H groups in total. The van der Waals surface area contributed by atoms with Crippen molar-refractivity contribution < 1.29 is 9.90 Å². The Kier molecular flexibility index (Phi) is 3.23. The minimum Gasteiger partial charge on any atom is -0.481 e. The molecule has 0 saturated carbocycles. The molecule has 0 fully saturated rings. The van der Waals surface area contributed by atoms with Crippen molar-refractivity contribution in [2.75, 3.05) is 0 Å². The molecule has 0 bridgehead atoms. The Morgan fingerprint density at radius 2 is 2.29 bits per heavy atom. The summed E-state index contributed by atoms with van der Waals surface area (Å²) in [5, 5.41) is 13.0. The van der Waals surface area contributed by atoms with Crippen molar-refractivity contribution in [2.24, 2.45) is 0 Å². The largest absolute Gasteiger partial charge is 0.481 e. The van der Waals surface area contributed by atoms with Gasteiger partial charge in [0.2, 0.25) is 0 Å². The lowest BCUT2D eigenvalue weighted by Gasteiger charge is -2.04. The molecule has 5 nitrogen and oxygen atoms in total. The summed E-state index contributed by atoms with van der Waals surface area (Å²) < 4.78 is 2.46. The number of hydrogen-bond acceptors (Lipinski definition) is 3. The molecular weight excluding hydrogens is 286 g/mol. The first-order chi connectivity index (χ1) is 8.06.